The van der Waals surface area contributed by atoms with Crippen molar-refractivity contribution in [1.82, 2.24) is 5.32 Å². The first-order chi connectivity index (χ1) is 11.3. The topological polar surface area (TPSA) is 79.5 Å². The van der Waals surface area contributed by atoms with E-state index in [0.717, 1.165) is 11.1 Å². The number of nitrogens with one attached hydrogen (secondary N) is 1. The van der Waals surface area contributed by atoms with E-state index in [1.165, 1.54) is 6.26 Å². The lowest BCUT2D eigenvalue weighted by Crippen LogP contribution is -2.33. The highest BCUT2D eigenvalue weighted by molar-refractivity contribution is 5.97. The van der Waals surface area contributed by atoms with E-state index in [2.05, 4.69) is 5.32 Å². The maximum absolute atomic E-state index is 12.8. The molecule has 24 heavy (non-hydrogen) atoms. The van der Waals surface area contributed by atoms with Crippen molar-refractivity contribution in [2.75, 3.05) is 0 Å². The fourth-order valence-corrected chi connectivity index (χ4v) is 2.82. The third-order valence-corrected chi connectivity index (χ3v) is 4.07. The highest BCUT2D eigenvalue weighted by Crippen LogP contribution is 2.26. The maximum atomic E-state index is 12.8. The van der Waals surface area contributed by atoms with Crippen LogP contribution >= 0.6 is 0 Å². The van der Waals surface area contributed by atoms with Gasteiger partial charge in [0.1, 0.15) is 12.2 Å². The van der Waals surface area contributed by atoms with Gasteiger partial charge in [-0.1, -0.05) is 38.1 Å². The second kappa shape index (κ2) is 7.34. The van der Waals surface area contributed by atoms with Gasteiger partial charge in [-0.3, -0.25) is 9.59 Å². The number of hydrogen-bond donors (Lipinski definition) is 2. The zero-order valence-electron chi connectivity index (χ0n) is 14.4. The number of benzene rings is 1. The van der Waals surface area contributed by atoms with Gasteiger partial charge in [0, 0.05) is 5.56 Å². The van der Waals surface area contributed by atoms with Crippen LogP contribution in [0.5, 0.6) is 0 Å². The van der Waals surface area contributed by atoms with E-state index < -0.39 is 5.97 Å². The van der Waals surface area contributed by atoms with Crippen molar-refractivity contribution >= 4 is 11.9 Å². The SMILES string of the molecule is Cc1ccccc1C(NC(=O)c1c(C)coc1CC(=O)O)C(C)C. The summed E-state index contributed by atoms with van der Waals surface area (Å²) in [7, 11) is 0. The first-order valence-corrected chi connectivity index (χ1v) is 7.96. The van der Waals surface area contributed by atoms with E-state index in [4.69, 9.17) is 9.52 Å². The Labute approximate surface area is 141 Å². The van der Waals surface area contributed by atoms with Gasteiger partial charge in [-0.05, 0) is 30.9 Å². The van der Waals surface area contributed by atoms with E-state index in [1.54, 1.807) is 6.92 Å². The molecule has 1 atom stereocenters. The molecule has 2 N–H and O–H groups in total. The molecule has 0 aliphatic carbocycles. The third kappa shape index (κ3) is 3.85. The highest BCUT2D eigenvalue weighted by Gasteiger charge is 2.25. The summed E-state index contributed by atoms with van der Waals surface area (Å²) in [5, 5.41) is 12.0. The Hall–Kier alpha value is -2.56. The average molecular weight is 329 g/mol. The van der Waals surface area contributed by atoms with Gasteiger partial charge in [0.15, 0.2) is 0 Å². The molecule has 0 saturated heterocycles. The summed E-state index contributed by atoms with van der Waals surface area (Å²) in [5.74, 6) is -0.966. The van der Waals surface area contributed by atoms with E-state index in [0.29, 0.717) is 11.1 Å². The summed E-state index contributed by atoms with van der Waals surface area (Å²) in [6.45, 7) is 7.83. The average Bonchev–Trinajstić information content (AvgIpc) is 2.85. The largest absolute Gasteiger partial charge is 0.481 e. The molecule has 1 aromatic heterocycles. The Bertz CT molecular complexity index is 746. The molecule has 2 rings (SSSR count). The van der Waals surface area contributed by atoms with Gasteiger partial charge in [0.2, 0.25) is 0 Å². The van der Waals surface area contributed by atoms with Crippen molar-refractivity contribution in [2.24, 2.45) is 5.92 Å². The number of hydrogen-bond acceptors (Lipinski definition) is 3. The second-order valence-electron chi connectivity index (χ2n) is 6.34. The van der Waals surface area contributed by atoms with Crippen molar-refractivity contribution in [3.05, 3.63) is 58.5 Å². The molecule has 2 aromatic rings. The highest BCUT2D eigenvalue weighted by atomic mass is 16.4. The van der Waals surface area contributed by atoms with Crippen LogP contribution in [0.1, 0.15) is 52.7 Å². The molecular formula is C19H23NO4. The molecule has 1 heterocycles. The summed E-state index contributed by atoms with van der Waals surface area (Å²) < 4.78 is 5.26. The lowest BCUT2D eigenvalue weighted by atomic mass is 9.92. The first kappa shape index (κ1) is 17.8. The normalized spacial score (nSPS) is 12.2. The van der Waals surface area contributed by atoms with Crippen LogP contribution in [0.3, 0.4) is 0 Å². The molecule has 1 aromatic carbocycles. The number of rotatable bonds is 6. The molecule has 1 unspecified atom stereocenters. The van der Waals surface area contributed by atoms with Gasteiger partial charge < -0.3 is 14.8 Å². The minimum atomic E-state index is -1.03. The molecule has 0 aliphatic rings. The summed E-state index contributed by atoms with van der Waals surface area (Å²) in [4.78, 5) is 23.7. The number of carboxylic acid groups (broad SMARTS) is 1. The quantitative estimate of drug-likeness (QED) is 0.848. The van der Waals surface area contributed by atoms with Crippen molar-refractivity contribution in [3.63, 3.8) is 0 Å². The van der Waals surface area contributed by atoms with Crippen LogP contribution in [0.15, 0.2) is 34.9 Å². The fraction of sp³-hybridized carbons (Fsp3) is 0.368. The van der Waals surface area contributed by atoms with Crippen LogP contribution in [-0.4, -0.2) is 17.0 Å². The molecule has 0 fully saturated rings. The molecule has 0 saturated carbocycles. The van der Waals surface area contributed by atoms with E-state index >= 15 is 0 Å². The minimum absolute atomic E-state index is 0.161. The zero-order chi connectivity index (χ0) is 17.9. The van der Waals surface area contributed by atoms with E-state index in [9.17, 15) is 9.59 Å². The Morgan fingerprint density at radius 1 is 1.17 bits per heavy atom. The van der Waals surface area contributed by atoms with Crippen LogP contribution in [0.4, 0.5) is 0 Å². The Balaban J connectivity index is 2.31. The van der Waals surface area contributed by atoms with Gasteiger partial charge in [-0.15, -0.1) is 0 Å². The lowest BCUT2D eigenvalue weighted by molar-refractivity contribution is -0.136. The van der Waals surface area contributed by atoms with Crippen molar-refractivity contribution in [1.29, 1.82) is 0 Å². The number of aliphatic carboxylic acids is 1. The van der Waals surface area contributed by atoms with Gasteiger partial charge in [0.05, 0.1) is 17.9 Å². The van der Waals surface area contributed by atoms with Crippen LogP contribution in [-0.2, 0) is 11.2 Å². The molecule has 0 aliphatic heterocycles. The predicted molar refractivity (Wildman–Crippen MR) is 91.0 cm³/mol. The Morgan fingerprint density at radius 2 is 1.83 bits per heavy atom. The first-order valence-electron chi connectivity index (χ1n) is 7.96. The smallest absolute Gasteiger partial charge is 0.311 e. The second-order valence-corrected chi connectivity index (χ2v) is 6.34. The summed E-state index contributed by atoms with van der Waals surface area (Å²) >= 11 is 0. The molecular weight excluding hydrogens is 306 g/mol. The number of aryl methyl sites for hydroxylation is 2. The molecule has 5 nitrogen and oxygen atoms in total. The maximum Gasteiger partial charge on any atom is 0.311 e. The van der Waals surface area contributed by atoms with Gasteiger partial charge >= 0.3 is 5.97 Å². The van der Waals surface area contributed by atoms with Crippen molar-refractivity contribution < 1.29 is 19.1 Å². The van der Waals surface area contributed by atoms with Crippen molar-refractivity contribution in [2.45, 2.75) is 40.2 Å². The number of furan rings is 1. The van der Waals surface area contributed by atoms with E-state index in [-0.39, 0.29) is 30.0 Å². The molecule has 0 spiro atoms. The van der Waals surface area contributed by atoms with Gasteiger partial charge in [-0.2, -0.15) is 0 Å². The van der Waals surface area contributed by atoms with E-state index in [1.807, 2.05) is 45.0 Å². The van der Waals surface area contributed by atoms with Crippen LogP contribution in [0.2, 0.25) is 0 Å². The summed E-state index contributed by atoms with van der Waals surface area (Å²) in [6, 6.07) is 7.76. The number of amides is 1. The lowest BCUT2D eigenvalue weighted by Gasteiger charge is -2.24. The standard InChI is InChI=1S/C19H23NO4/c1-11(2)18(14-8-6-5-7-12(14)3)20-19(23)17-13(4)10-24-15(17)9-16(21)22/h5-8,10-11,18H,9H2,1-4H3,(H,20,23)(H,21,22). The monoisotopic (exact) mass is 329 g/mol. The third-order valence-electron chi connectivity index (χ3n) is 4.07. The van der Waals surface area contributed by atoms with Crippen LogP contribution in [0, 0.1) is 19.8 Å². The molecule has 5 heteroatoms. The zero-order valence-corrected chi connectivity index (χ0v) is 14.4. The van der Waals surface area contributed by atoms with Crippen LogP contribution < -0.4 is 5.32 Å². The Morgan fingerprint density at radius 3 is 2.42 bits per heavy atom. The summed E-state index contributed by atoms with van der Waals surface area (Å²) in [6.07, 6.45) is 1.11. The van der Waals surface area contributed by atoms with Crippen molar-refractivity contribution in [3.8, 4) is 0 Å². The minimum Gasteiger partial charge on any atom is -0.481 e. The molecule has 1 amide bonds. The fourth-order valence-electron chi connectivity index (χ4n) is 2.82. The van der Waals surface area contributed by atoms with Gasteiger partial charge in [0.25, 0.3) is 5.91 Å². The number of carbonyl (C=O) groups excluding carboxylic acids is 1. The number of carboxylic acids is 1. The number of carbonyl (C=O) groups is 2. The van der Waals surface area contributed by atoms with Gasteiger partial charge in [-0.25, -0.2) is 0 Å². The summed E-state index contributed by atoms with van der Waals surface area (Å²) in [5.41, 5.74) is 3.11. The predicted octanol–water partition coefficient (Wildman–Crippen LogP) is 3.65. The molecule has 128 valence electrons. The Kier molecular flexibility index (Phi) is 5.44. The van der Waals surface area contributed by atoms with Crippen LogP contribution in [0.25, 0.3) is 0 Å². The molecule has 0 radical (unpaired) electrons. The molecule has 0 bridgehead atoms.